The molecular formula is C29H32N4O4. The minimum absolute atomic E-state index is 0.00292. The van der Waals surface area contributed by atoms with Crippen LogP contribution in [0.5, 0.6) is 0 Å². The van der Waals surface area contributed by atoms with Gasteiger partial charge < -0.3 is 14.4 Å². The van der Waals surface area contributed by atoms with Crippen molar-refractivity contribution < 1.29 is 19.4 Å². The van der Waals surface area contributed by atoms with Gasteiger partial charge in [-0.25, -0.2) is 9.78 Å². The summed E-state index contributed by atoms with van der Waals surface area (Å²) in [4.78, 5) is 31.8. The van der Waals surface area contributed by atoms with Crippen molar-refractivity contribution in [1.82, 2.24) is 9.55 Å². The van der Waals surface area contributed by atoms with Gasteiger partial charge in [0.25, 0.3) is 0 Å². The second-order valence-electron chi connectivity index (χ2n) is 10.2. The number of anilines is 1. The summed E-state index contributed by atoms with van der Waals surface area (Å²) in [6.07, 6.45) is 4.87. The molecule has 0 saturated heterocycles. The molecule has 5 rings (SSSR count). The van der Waals surface area contributed by atoms with Gasteiger partial charge >= 0.3 is 12.1 Å². The highest BCUT2D eigenvalue weighted by atomic mass is 16.5. The van der Waals surface area contributed by atoms with E-state index < -0.39 is 18.0 Å². The number of aryl methyl sites for hydroxylation is 1. The predicted octanol–water partition coefficient (Wildman–Crippen LogP) is 5.61. The zero-order valence-electron chi connectivity index (χ0n) is 21.3. The Morgan fingerprint density at radius 3 is 2.68 bits per heavy atom. The maximum absolute atomic E-state index is 12.6. The molecule has 1 aromatic heterocycles. The Labute approximate surface area is 216 Å². The van der Waals surface area contributed by atoms with Gasteiger partial charge in [0.05, 0.1) is 35.8 Å². The van der Waals surface area contributed by atoms with E-state index in [0.717, 1.165) is 66.4 Å². The Morgan fingerprint density at radius 2 is 1.97 bits per heavy atom. The van der Waals surface area contributed by atoms with E-state index in [0.29, 0.717) is 5.82 Å². The van der Waals surface area contributed by atoms with Crippen LogP contribution in [0.3, 0.4) is 0 Å². The van der Waals surface area contributed by atoms with E-state index in [1.54, 1.807) is 4.90 Å². The third-order valence-electron chi connectivity index (χ3n) is 7.98. The van der Waals surface area contributed by atoms with Crippen molar-refractivity contribution in [2.75, 3.05) is 12.0 Å². The Morgan fingerprint density at radius 1 is 1.19 bits per heavy atom. The van der Waals surface area contributed by atoms with Crippen molar-refractivity contribution in [3.8, 4) is 6.07 Å². The van der Waals surface area contributed by atoms with Crippen LogP contribution >= 0.6 is 0 Å². The number of nitriles is 1. The summed E-state index contributed by atoms with van der Waals surface area (Å²) in [5.41, 5.74) is 4.27. The third kappa shape index (κ3) is 4.55. The van der Waals surface area contributed by atoms with E-state index in [-0.39, 0.29) is 24.4 Å². The number of fused-ring (bicyclic) bond motifs is 3. The molecule has 1 saturated carbocycles. The minimum atomic E-state index is -0.893. The lowest BCUT2D eigenvalue weighted by Crippen LogP contribution is -2.42. The highest BCUT2D eigenvalue weighted by Gasteiger charge is 2.34. The lowest BCUT2D eigenvalue weighted by atomic mass is 9.86. The zero-order chi connectivity index (χ0) is 26.1. The number of carboxylic acids is 1. The fourth-order valence-electron chi connectivity index (χ4n) is 6.11. The van der Waals surface area contributed by atoms with Crippen LogP contribution in [0.2, 0.25) is 0 Å². The van der Waals surface area contributed by atoms with E-state index in [2.05, 4.69) is 10.6 Å². The van der Waals surface area contributed by atoms with Crippen LogP contribution in [0.15, 0.2) is 42.5 Å². The largest absolute Gasteiger partial charge is 0.481 e. The quantitative estimate of drug-likeness (QED) is 0.488. The molecule has 1 aliphatic heterocycles. The van der Waals surface area contributed by atoms with Crippen LogP contribution in [-0.2, 0) is 22.4 Å². The van der Waals surface area contributed by atoms with Crippen molar-refractivity contribution in [2.24, 2.45) is 5.92 Å². The number of hydrogen-bond donors (Lipinski definition) is 1. The van der Waals surface area contributed by atoms with Gasteiger partial charge in [0.15, 0.2) is 0 Å². The van der Waals surface area contributed by atoms with Gasteiger partial charge in [-0.1, -0.05) is 36.8 Å². The average molecular weight is 501 g/mol. The average Bonchev–Trinajstić information content (AvgIpc) is 3.30. The van der Waals surface area contributed by atoms with E-state index in [4.69, 9.17) is 9.72 Å². The van der Waals surface area contributed by atoms with Gasteiger partial charge in [-0.3, -0.25) is 9.69 Å². The fraction of sp³-hybridized carbons (Fsp3) is 0.448. The summed E-state index contributed by atoms with van der Waals surface area (Å²) in [5, 5.41) is 19.8. The molecule has 1 fully saturated rings. The van der Waals surface area contributed by atoms with E-state index in [9.17, 15) is 20.0 Å². The van der Waals surface area contributed by atoms with Gasteiger partial charge in [-0.05, 0) is 56.7 Å². The van der Waals surface area contributed by atoms with Gasteiger partial charge in [-0.2, -0.15) is 5.26 Å². The number of carboxylic acid groups (broad SMARTS) is 1. The summed E-state index contributed by atoms with van der Waals surface area (Å²) in [7, 11) is 1.39. The standard InChI is InChI=1S/C29H32N4O4/c1-18-11-12-22-24(32(18)29(36)37-2)13-14-25-27(22)31-26(33(25)21-10-6-7-19(15-21)17-30)16-23(28(34)35)20-8-4-3-5-9-20/h3-5,8-9,13-14,18-19,21,23H,6-7,10-12,15-16H2,1-2H3,(H,34,35)/t18-,19+,21+,23?/m0/s1. The first-order chi connectivity index (χ1) is 17.9. The number of carbonyl (C=O) groups is 2. The highest BCUT2D eigenvalue weighted by Crippen LogP contribution is 2.41. The van der Waals surface area contributed by atoms with Gasteiger partial charge in [-0.15, -0.1) is 0 Å². The summed E-state index contributed by atoms with van der Waals surface area (Å²) >= 11 is 0. The molecule has 1 unspecified atom stereocenters. The number of nitrogens with zero attached hydrogens (tertiary/aromatic N) is 4. The maximum Gasteiger partial charge on any atom is 0.414 e. The first-order valence-electron chi connectivity index (χ1n) is 13.0. The number of carbonyl (C=O) groups excluding carboxylic acids is 1. The summed E-state index contributed by atoms with van der Waals surface area (Å²) in [6, 6.07) is 15.7. The topological polar surface area (TPSA) is 108 Å². The fourth-order valence-corrected chi connectivity index (χ4v) is 6.11. The molecule has 1 N–H and O–H groups in total. The molecule has 2 aliphatic rings. The zero-order valence-corrected chi connectivity index (χ0v) is 21.3. The van der Waals surface area contributed by atoms with E-state index >= 15 is 0 Å². The molecule has 0 spiro atoms. The number of hydrogen-bond acceptors (Lipinski definition) is 5. The van der Waals surface area contributed by atoms with Crippen molar-refractivity contribution in [3.05, 3.63) is 59.4 Å². The Balaban J connectivity index is 1.66. The molecule has 8 heteroatoms. The van der Waals surface area contributed by atoms with Crippen LogP contribution < -0.4 is 4.90 Å². The third-order valence-corrected chi connectivity index (χ3v) is 7.98. The Bertz CT molecular complexity index is 1360. The molecule has 1 aliphatic carbocycles. The highest BCUT2D eigenvalue weighted by molar-refractivity contribution is 5.95. The molecule has 8 nitrogen and oxygen atoms in total. The number of aliphatic carboxylic acids is 1. The first kappa shape index (κ1) is 24.8. The normalized spacial score (nSPS) is 22.2. The lowest BCUT2D eigenvalue weighted by Gasteiger charge is -2.34. The van der Waals surface area contributed by atoms with Crippen LogP contribution in [-0.4, -0.2) is 39.9 Å². The molecular weight excluding hydrogens is 468 g/mol. The molecule has 192 valence electrons. The van der Waals surface area contributed by atoms with Crippen LogP contribution in [0, 0.1) is 17.2 Å². The van der Waals surface area contributed by atoms with Crippen molar-refractivity contribution >= 4 is 28.8 Å². The molecule has 4 atom stereocenters. The second-order valence-corrected chi connectivity index (χ2v) is 10.2. The smallest absolute Gasteiger partial charge is 0.414 e. The molecule has 3 aromatic rings. The molecule has 0 radical (unpaired) electrons. The van der Waals surface area contributed by atoms with Crippen molar-refractivity contribution in [1.29, 1.82) is 5.26 Å². The minimum Gasteiger partial charge on any atom is -0.481 e. The number of amides is 1. The Kier molecular flexibility index (Phi) is 6.88. The lowest BCUT2D eigenvalue weighted by molar-refractivity contribution is -0.138. The first-order valence-corrected chi connectivity index (χ1v) is 13.0. The van der Waals surface area contributed by atoms with Crippen LogP contribution in [0.25, 0.3) is 11.0 Å². The summed E-state index contributed by atoms with van der Waals surface area (Å²) in [6.45, 7) is 2.01. The summed E-state index contributed by atoms with van der Waals surface area (Å²) in [5.74, 6) is -0.946. The van der Waals surface area contributed by atoms with Gasteiger partial charge in [0.2, 0.25) is 0 Å². The predicted molar refractivity (Wildman–Crippen MR) is 140 cm³/mol. The molecule has 0 bridgehead atoms. The number of aromatic nitrogens is 2. The second kappa shape index (κ2) is 10.3. The molecule has 2 heterocycles. The number of rotatable bonds is 5. The summed E-state index contributed by atoms with van der Waals surface area (Å²) < 4.78 is 7.26. The maximum atomic E-state index is 12.6. The number of ether oxygens (including phenoxy) is 1. The molecule has 1 amide bonds. The van der Waals surface area contributed by atoms with Gasteiger partial charge in [0.1, 0.15) is 5.82 Å². The molecule has 2 aromatic carbocycles. The van der Waals surface area contributed by atoms with Crippen molar-refractivity contribution in [3.63, 3.8) is 0 Å². The van der Waals surface area contributed by atoms with E-state index in [1.807, 2.05) is 49.4 Å². The van der Waals surface area contributed by atoms with Gasteiger partial charge in [0, 0.05) is 30.0 Å². The Hall–Kier alpha value is -3.86. The monoisotopic (exact) mass is 500 g/mol. The number of imidazole rings is 1. The SMILES string of the molecule is COC(=O)N1c2ccc3c(nc(CC(C(=O)O)c4ccccc4)n3[C@@H]3CCC[C@@H](C#N)C3)c2CC[C@@H]1C. The van der Waals surface area contributed by atoms with Crippen molar-refractivity contribution in [2.45, 2.75) is 69.9 Å². The van der Waals surface area contributed by atoms with Crippen LogP contribution in [0.4, 0.5) is 10.5 Å². The molecule has 37 heavy (non-hydrogen) atoms. The van der Waals surface area contributed by atoms with E-state index in [1.165, 1.54) is 7.11 Å². The van der Waals surface area contributed by atoms with Crippen LogP contribution in [0.1, 0.15) is 67.9 Å². The number of benzene rings is 2. The number of methoxy groups -OCH3 is 1.